The normalized spacial score (nSPS) is 9.69. The molecule has 0 bridgehead atoms. The molecule has 5 nitrogen and oxygen atoms in total. The number of aliphatic hydroxyl groups excluding tert-OH is 1. The zero-order chi connectivity index (χ0) is 10.5. The number of rotatable bonds is 6. The van der Waals surface area contributed by atoms with Crippen LogP contribution >= 0.6 is 0 Å². The van der Waals surface area contributed by atoms with Crippen molar-refractivity contribution >= 4 is 0 Å². The van der Waals surface area contributed by atoms with Crippen LogP contribution in [0.4, 0.5) is 0 Å². The lowest BCUT2D eigenvalue weighted by atomic mass is 10.4. The monoisotopic (exact) mass is 192 g/mol. The van der Waals surface area contributed by atoms with Crippen molar-refractivity contribution in [2.24, 2.45) is 17.2 Å². The molecular weight excluding hydrogens is 168 g/mol. The van der Waals surface area contributed by atoms with Gasteiger partial charge in [-0.15, -0.1) is 0 Å². The van der Waals surface area contributed by atoms with Gasteiger partial charge < -0.3 is 22.3 Å². The fraction of sp³-hybridized carbons (Fsp3) is 1.00. The van der Waals surface area contributed by atoms with Gasteiger partial charge in [0.1, 0.15) is 0 Å². The molecule has 0 aromatic rings. The molecule has 0 aliphatic carbocycles. The predicted molar refractivity (Wildman–Crippen MR) is 56.4 cm³/mol. The Labute approximate surface area is 80.9 Å². The summed E-state index contributed by atoms with van der Waals surface area (Å²) in [6, 6.07) is 0. The lowest BCUT2D eigenvalue weighted by Gasteiger charge is -2.18. The number of nitrogens with two attached hydrogens (primary N) is 3. The van der Waals surface area contributed by atoms with Gasteiger partial charge in [-0.2, -0.15) is 0 Å². The number of nitrogens with zero attached hydrogens (tertiary/aromatic N) is 1. The van der Waals surface area contributed by atoms with Crippen LogP contribution in [0.3, 0.4) is 0 Å². The minimum Gasteiger partial charge on any atom is -0.397 e. The van der Waals surface area contributed by atoms with Crippen molar-refractivity contribution in [3.05, 3.63) is 0 Å². The Morgan fingerprint density at radius 3 is 1.31 bits per heavy atom. The zero-order valence-electron chi connectivity index (χ0n) is 8.58. The zero-order valence-corrected chi connectivity index (χ0v) is 8.58. The molecule has 0 amide bonds. The molecule has 5 heteroatoms. The van der Waals surface area contributed by atoms with Gasteiger partial charge in [-0.25, -0.2) is 0 Å². The van der Waals surface area contributed by atoms with E-state index in [1.54, 1.807) is 6.92 Å². The Balaban J connectivity index is 0. The van der Waals surface area contributed by atoms with Crippen LogP contribution < -0.4 is 17.2 Å². The highest BCUT2D eigenvalue weighted by molar-refractivity contribution is 4.58. The highest BCUT2D eigenvalue weighted by Crippen LogP contribution is 1.81. The molecular formula is C8H24N4O. The maximum atomic E-state index is 7.57. The molecule has 0 spiro atoms. The van der Waals surface area contributed by atoms with E-state index in [0.717, 1.165) is 19.6 Å². The van der Waals surface area contributed by atoms with Crippen molar-refractivity contribution in [3.63, 3.8) is 0 Å². The lowest BCUT2D eigenvalue weighted by Crippen LogP contribution is -2.37. The van der Waals surface area contributed by atoms with E-state index < -0.39 is 0 Å². The van der Waals surface area contributed by atoms with E-state index in [1.807, 2.05) is 0 Å². The standard InChI is InChI=1S/C6H18N4.C2H6O/c7-1-4-10(5-2-8)6-3-9;1-2-3/h1-9H2;3H,2H2,1H3. The average Bonchev–Trinajstić information content (AvgIpc) is 2.07. The van der Waals surface area contributed by atoms with E-state index in [1.165, 1.54) is 0 Å². The van der Waals surface area contributed by atoms with Crippen molar-refractivity contribution < 1.29 is 5.11 Å². The van der Waals surface area contributed by atoms with Crippen LogP contribution in [0, 0.1) is 0 Å². The second-order valence-electron chi connectivity index (χ2n) is 2.52. The van der Waals surface area contributed by atoms with Crippen LogP contribution in [-0.4, -0.2) is 55.9 Å². The van der Waals surface area contributed by atoms with Gasteiger partial charge in [0.2, 0.25) is 0 Å². The fourth-order valence-electron chi connectivity index (χ4n) is 0.883. The summed E-state index contributed by atoms with van der Waals surface area (Å²) >= 11 is 0. The van der Waals surface area contributed by atoms with E-state index in [2.05, 4.69) is 4.90 Å². The molecule has 0 saturated carbocycles. The maximum Gasteiger partial charge on any atom is 0.0402 e. The molecule has 0 saturated heterocycles. The van der Waals surface area contributed by atoms with E-state index in [-0.39, 0.29) is 6.61 Å². The Morgan fingerprint density at radius 2 is 1.15 bits per heavy atom. The van der Waals surface area contributed by atoms with Gasteiger partial charge in [0, 0.05) is 45.9 Å². The molecule has 0 aliphatic heterocycles. The van der Waals surface area contributed by atoms with E-state index >= 15 is 0 Å². The number of aliphatic hydroxyl groups is 1. The van der Waals surface area contributed by atoms with Crippen molar-refractivity contribution in [1.29, 1.82) is 0 Å². The smallest absolute Gasteiger partial charge is 0.0402 e. The fourth-order valence-corrected chi connectivity index (χ4v) is 0.883. The molecule has 82 valence electrons. The highest BCUT2D eigenvalue weighted by Gasteiger charge is 1.98. The van der Waals surface area contributed by atoms with E-state index in [4.69, 9.17) is 22.3 Å². The summed E-state index contributed by atoms with van der Waals surface area (Å²) in [7, 11) is 0. The molecule has 0 radical (unpaired) electrons. The van der Waals surface area contributed by atoms with Crippen LogP contribution in [0.1, 0.15) is 6.92 Å². The summed E-state index contributed by atoms with van der Waals surface area (Å²) in [5.74, 6) is 0. The van der Waals surface area contributed by atoms with Gasteiger partial charge in [0.05, 0.1) is 0 Å². The van der Waals surface area contributed by atoms with E-state index in [0.29, 0.717) is 19.6 Å². The Morgan fingerprint density at radius 1 is 0.923 bits per heavy atom. The Hall–Kier alpha value is -0.200. The second-order valence-corrected chi connectivity index (χ2v) is 2.52. The first-order chi connectivity index (χ1) is 6.26. The minimum absolute atomic E-state index is 0.250. The molecule has 0 aromatic heterocycles. The van der Waals surface area contributed by atoms with Crippen molar-refractivity contribution in [1.82, 2.24) is 4.90 Å². The quantitative estimate of drug-likeness (QED) is 0.396. The van der Waals surface area contributed by atoms with Crippen LogP contribution in [-0.2, 0) is 0 Å². The lowest BCUT2D eigenvalue weighted by molar-refractivity contribution is 0.297. The van der Waals surface area contributed by atoms with E-state index in [9.17, 15) is 0 Å². The second kappa shape index (κ2) is 14.3. The molecule has 0 heterocycles. The molecule has 0 aliphatic rings. The van der Waals surface area contributed by atoms with Crippen molar-refractivity contribution in [2.75, 3.05) is 45.9 Å². The molecule has 7 N–H and O–H groups in total. The van der Waals surface area contributed by atoms with Gasteiger partial charge in [0.15, 0.2) is 0 Å². The maximum absolute atomic E-state index is 7.57. The largest absolute Gasteiger partial charge is 0.397 e. The summed E-state index contributed by atoms with van der Waals surface area (Å²) in [6.07, 6.45) is 0. The first-order valence-corrected chi connectivity index (χ1v) is 4.70. The Bertz CT molecular complexity index is 68.3. The predicted octanol–water partition coefficient (Wildman–Crippen LogP) is -1.84. The summed E-state index contributed by atoms with van der Waals surface area (Å²) in [4.78, 5) is 2.17. The van der Waals surface area contributed by atoms with Crippen molar-refractivity contribution in [2.45, 2.75) is 6.92 Å². The topological polar surface area (TPSA) is 102 Å². The first-order valence-electron chi connectivity index (χ1n) is 4.70. The first kappa shape index (κ1) is 15.3. The third-order valence-electron chi connectivity index (χ3n) is 1.34. The highest BCUT2D eigenvalue weighted by atomic mass is 16.2. The summed E-state index contributed by atoms with van der Waals surface area (Å²) < 4.78 is 0. The molecule has 0 unspecified atom stereocenters. The number of hydrogen-bond donors (Lipinski definition) is 4. The van der Waals surface area contributed by atoms with Gasteiger partial charge in [-0.05, 0) is 6.92 Å². The summed E-state index contributed by atoms with van der Waals surface area (Å²) in [5, 5.41) is 7.57. The number of hydrogen-bond acceptors (Lipinski definition) is 5. The van der Waals surface area contributed by atoms with Crippen LogP contribution in [0.5, 0.6) is 0 Å². The van der Waals surface area contributed by atoms with Crippen LogP contribution in [0.15, 0.2) is 0 Å². The molecule has 13 heavy (non-hydrogen) atoms. The molecule has 0 rings (SSSR count). The third-order valence-corrected chi connectivity index (χ3v) is 1.34. The average molecular weight is 192 g/mol. The molecule has 0 aromatic carbocycles. The van der Waals surface area contributed by atoms with Gasteiger partial charge >= 0.3 is 0 Å². The van der Waals surface area contributed by atoms with Gasteiger partial charge in [-0.3, -0.25) is 4.90 Å². The SMILES string of the molecule is CCO.NCCN(CCN)CCN. The molecule has 0 atom stereocenters. The van der Waals surface area contributed by atoms with Gasteiger partial charge in [-0.1, -0.05) is 0 Å². The third kappa shape index (κ3) is 14.6. The van der Waals surface area contributed by atoms with Crippen LogP contribution in [0.25, 0.3) is 0 Å². The van der Waals surface area contributed by atoms with Gasteiger partial charge in [0.25, 0.3) is 0 Å². The summed E-state index contributed by atoms with van der Waals surface area (Å²) in [5.41, 5.74) is 16.1. The van der Waals surface area contributed by atoms with Crippen LogP contribution in [0.2, 0.25) is 0 Å². The molecule has 0 fully saturated rings. The van der Waals surface area contributed by atoms with Crippen molar-refractivity contribution in [3.8, 4) is 0 Å². The Kier molecular flexibility index (Phi) is 16.8. The minimum atomic E-state index is 0.250. The summed E-state index contributed by atoms with van der Waals surface area (Å²) in [6.45, 7) is 6.66.